The molecule has 0 saturated heterocycles. The second-order valence-corrected chi connectivity index (χ2v) is 7.70. The Hall–Kier alpha value is -3.71. The van der Waals surface area contributed by atoms with Gasteiger partial charge < -0.3 is 15.1 Å². The van der Waals surface area contributed by atoms with Gasteiger partial charge in [0.05, 0.1) is 13.0 Å². The first-order valence-corrected chi connectivity index (χ1v) is 10.2. The van der Waals surface area contributed by atoms with Crippen molar-refractivity contribution in [2.75, 3.05) is 5.32 Å². The number of hydrogen-bond donors (Lipinski definition) is 2. The topological polar surface area (TPSA) is 88.4 Å². The zero-order valence-electron chi connectivity index (χ0n) is 15.9. The van der Waals surface area contributed by atoms with Crippen LogP contribution < -0.4 is 16.3 Å². The van der Waals surface area contributed by atoms with Crippen molar-refractivity contribution in [2.45, 2.75) is 13.0 Å². The number of carbonyl (C=O) groups excluding carboxylic acids is 2. The standard InChI is InChI=1S/C23H18N2O4S/c26-21(24-14-18-5-3-11-30-18)12-15-7-9-17(10-8-15)25-22(27)19-13-16-4-1-2-6-20(16)29-23(19)28/h1-11,13H,12,14H2,(H,24,26)(H,25,27). The number of nitrogens with one attached hydrogen (secondary N) is 2. The number of rotatable bonds is 6. The molecule has 0 fully saturated rings. The van der Waals surface area contributed by atoms with Gasteiger partial charge in [-0.15, -0.1) is 11.3 Å². The maximum absolute atomic E-state index is 12.5. The summed E-state index contributed by atoms with van der Waals surface area (Å²) < 4.78 is 5.20. The van der Waals surface area contributed by atoms with Crippen molar-refractivity contribution >= 4 is 39.8 Å². The maximum atomic E-state index is 12.5. The van der Waals surface area contributed by atoms with Crippen LogP contribution in [0, 0.1) is 0 Å². The Balaban J connectivity index is 1.38. The molecule has 0 bridgehead atoms. The predicted octanol–water partition coefficient (Wildman–Crippen LogP) is 3.97. The lowest BCUT2D eigenvalue weighted by Gasteiger charge is -2.07. The molecule has 0 spiro atoms. The summed E-state index contributed by atoms with van der Waals surface area (Å²) in [5, 5.41) is 8.21. The fourth-order valence-corrected chi connectivity index (χ4v) is 3.62. The molecule has 2 heterocycles. The molecule has 2 amide bonds. The molecule has 6 nitrogen and oxygen atoms in total. The number of benzene rings is 2. The minimum Gasteiger partial charge on any atom is -0.422 e. The molecule has 0 aliphatic rings. The van der Waals surface area contributed by atoms with E-state index in [1.54, 1.807) is 59.9 Å². The highest BCUT2D eigenvalue weighted by molar-refractivity contribution is 7.09. The SMILES string of the molecule is O=C(Cc1ccc(NC(=O)c2cc3ccccc3oc2=O)cc1)NCc1cccs1. The first-order valence-electron chi connectivity index (χ1n) is 9.31. The van der Waals surface area contributed by atoms with Crippen LogP contribution in [0.15, 0.2) is 81.3 Å². The van der Waals surface area contributed by atoms with Gasteiger partial charge in [-0.05, 0) is 41.3 Å². The fraction of sp³-hybridized carbons (Fsp3) is 0.0870. The van der Waals surface area contributed by atoms with E-state index in [0.29, 0.717) is 23.2 Å². The molecule has 0 unspecified atom stereocenters. The molecule has 30 heavy (non-hydrogen) atoms. The predicted molar refractivity (Wildman–Crippen MR) is 117 cm³/mol. The van der Waals surface area contributed by atoms with Gasteiger partial charge >= 0.3 is 5.63 Å². The van der Waals surface area contributed by atoms with E-state index in [1.807, 2.05) is 17.5 Å². The molecule has 0 saturated carbocycles. The van der Waals surface area contributed by atoms with Crippen molar-refractivity contribution in [1.82, 2.24) is 5.32 Å². The van der Waals surface area contributed by atoms with E-state index in [2.05, 4.69) is 10.6 Å². The van der Waals surface area contributed by atoms with Crippen molar-refractivity contribution in [3.05, 3.63) is 98.5 Å². The number of thiophene rings is 1. The van der Waals surface area contributed by atoms with Crippen molar-refractivity contribution in [2.24, 2.45) is 0 Å². The molecule has 4 rings (SSSR count). The summed E-state index contributed by atoms with van der Waals surface area (Å²) in [6.45, 7) is 0.513. The highest BCUT2D eigenvalue weighted by Gasteiger charge is 2.14. The molecule has 2 aromatic carbocycles. The van der Waals surface area contributed by atoms with E-state index < -0.39 is 11.5 Å². The van der Waals surface area contributed by atoms with Gasteiger partial charge in [-0.25, -0.2) is 4.79 Å². The van der Waals surface area contributed by atoms with Gasteiger partial charge in [0.15, 0.2) is 0 Å². The van der Waals surface area contributed by atoms with Crippen LogP contribution in [0.4, 0.5) is 5.69 Å². The lowest BCUT2D eigenvalue weighted by atomic mass is 10.1. The van der Waals surface area contributed by atoms with Gasteiger partial charge in [-0.2, -0.15) is 0 Å². The fourth-order valence-electron chi connectivity index (χ4n) is 2.97. The zero-order chi connectivity index (χ0) is 20.9. The van der Waals surface area contributed by atoms with Crippen LogP contribution in [0.2, 0.25) is 0 Å². The number of carbonyl (C=O) groups is 2. The number of para-hydroxylation sites is 1. The molecule has 0 atom stereocenters. The molecule has 7 heteroatoms. The van der Waals surface area contributed by atoms with Gasteiger partial charge in [-0.3, -0.25) is 9.59 Å². The van der Waals surface area contributed by atoms with Crippen LogP contribution in [-0.2, 0) is 17.8 Å². The Morgan fingerprint density at radius 2 is 1.77 bits per heavy atom. The Kier molecular flexibility index (Phi) is 5.72. The smallest absolute Gasteiger partial charge is 0.349 e. The molecule has 150 valence electrons. The average Bonchev–Trinajstić information content (AvgIpc) is 3.27. The summed E-state index contributed by atoms with van der Waals surface area (Å²) in [6, 6.07) is 19.4. The summed E-state index contributed by atoms with van der Waals surface area (Å²) in [5.41, 5.74) is 1.02. The molecule has 2 aromatic heterocycles. The molecular formula is C23H18N2O4S. The van der Waals surface area contributed by atoms with Crippen LogP contribution in [-0.4, -0.2) is 11.8 Å². The van der Waals surface area contributed by atoms with Crippen molar-refractivity contribution in [1.29, 1.82) is 0 Å². The minimum absolute atomic E-state index is 0.0641. The van der Waals surface area contributed by atoms with Gasteiger partial charge in [0, 0.05) is 16.0 Å². The third kappa shape index (κ3) is 4.64. The van der Waals surface area contributed by atoms with Crippen molar-refractivity contribution < 1.29 is 14.0 Å². The maximum Gasteiger partial charge on any atom is 0.349 e. The van der Waals surface area contributed by atoms with E-state index in [1.165, 1.54) is 6.07 Å². The van der Waals surface area contributed by atoms with Crippen LogP contribution in [0.5, 0.6) is 0 Å². The third-order valence-corrected chi connectivity index (χ3v) is 5.38. The Morgan fingerprint density at radius 1 is 0.967 bits per heavy atom. The molecule has 2 N–H and O–H groups in total. The zero-order valence-corrected chi connectivity index (χ0v) is 16.7. The normalized spacial score (nSPS) is 10.7. The Labute approximate surface area is 176 Å². The first kappa shape index (κ1) is 19.6. The van der Waals surface area contributed by atoms with Crippen molar-refractivity contribution in [3.8, 4) is 0 Å². The highest BCUT2D eigenvalue weighted by Crippen LogP contribution is 2.15. The van der Waals surface area contributed by atoms with Gasteiger partial charge in [0.25, 0.3) is 5.91 Å². The largest absolute Gasteiger partial charge is 0.422 e. The molecule has 0 aliphatic carbocycles. The lowest BCUT2D eigenvalue weighted by molar-refractivity contribution is -0.120. The Bertz CT molecular complexity index is 1240. The summed E-state index contributed by atoms with van der Waals surface area (Å²) in [5.74, 6) is -0.620. The van der Waals surface area contributed by atoms with Crippen LogP contribution >= 0.6 is 11.3 Å². The number of anilines is 1. The molecule has 0 radical (unpaired) electrons. The quantitative estimate of drug-likeness (QED) is 0.464. The van der Waals surface area contributed by atoms with Crippen LogP contribution in [0.1, 0.15) is 20.8 Å². The molecular weight excluding hydrogens is 400 g/mol. The molecule has 0 aliphatic heterocycles. The minimum atomic E-state index is -0.690. The van der Waals surface area contributed by atoms with Crippen molar-refractivity contribution in [3.63, 3.8) is 0 Å². The second-order valence-electron chi connectivity index (χ2n) is 6.67. The summed E-state index contributed by atoms with van der Waals surface area (Å²) in [6.07, 6.45) is 0.244. The summed E-state index contributed by atoms with van der Waals surface area (Å²) in [4.78, 5) is 37.8. The number of fused-ring (bicyclic) bond motifs is 1. The summed E-state index contributed by atoms with van der Waals surface area (Å²) >= 11 is 1.59. The van der Waals surface area contributed by atoms with Gasteiger partial charge in [0.2, 0.25) is 5.91 Å². The molecule has 4 aromatic rings. The van der Waals surface area contributed by atoms with E-state index >= 15 is 0 Å². The average molecular weight is 418 g/mol. The van der Waals surface area contributed by atoms with Crippen LogP contribution in [0.3, 0.4) is 0 Å². The summed E-state index contributed by atoms with van der Waals surface area (Å²) in [7, 11) is 0. The van der Waals surface area contributed by atoms with Gasteiger partial charge in [0.1, 0.15) is 11.1 Å². The van der Waals surface area contributed by atoms with E-state index in [4.69, 9.17) is 4.42 Å². The van der Waals surface area contributed by atoms with E-state index in [9.17, 15) is 14.4 Å². The van der Waals surface area contributed by atoms with E-state index in [0.717, 1.165) is 10.4 Å². The highest BCUT2D eigenvalue weighted by atomic mass is 32.1. The lowest BCUT2D eigenvalue weighted by Crippen LogP contribution is -2.24. The third-order valence-electron chi connectivity index (χ3n) is 4.50. The van der Waals surface area contributed by atoms with Gasteiger partial charge in [-0.1, -0.05) is 36.4 Å². The Morgan fingerprint density at radius 3 is 2.53 bits per heavy atom. The number of hydrogen-bond acceptors (Lipinski definition) is 5. The van der Waals surface area contributed by atoms with Crippen LogP contribution in [0.25, 0.3) is 11.0 Å². The second kappa shape index (κ2) is 8.75. The monoisotopic (exact) mass is 418 g/mol. The first-order chi connectivity index (χ1) is 14.6. The van der Waals surface area contributed by atoms with E-state index in [-0.39, 0.29) is 17.9 Å². The number of amides is 2.